The summed E-state index contributed by atoms with van der Waals surface area (Å²) in [6, 6.07) is 0. The van der Waals surface area contributed by atoms with E-state index in [9.17, 15) is 0 Å². The molecule has 3 heterocycles. The van der Waals surface area contributed by atoms with Crippen molar-refractivity contribution >= 4 is 39.1 Å². The van der Waals surface area contributed by atoms with Crippen LogP contribution in [0.2, 0.25) is 0 Å². The molecule has 1 saturated heterocycles. The number of aryl methyl sites for hydroxylation is 2. The molecule has 2 atom stereocenters. The number of hydrogen-bond acceptors (Lipinski definition) is 6. The first kappa shape index (κ1) is 15.1. The zero-order chi connectivity index (χ0) is 15.1. The third-order valence-corrected chi connectivity index (χ3v) is 6.29. The highest BCUT2D eigenvalue weighted by atomic mass is 32.2. The van der Waals surface area contributed by atoms with Gasteiger partial charge in [0, 0.05) is 28.5 Å². The zero-order valence-corrected chi connectivity index (χ0v) is 14.6. The van der Waals surface area contributed by atoms with Gasteiger partial charge in [0.15, 0.2) is 0 Å². The van der Waals surface area contributed by atoms with Gasteiger partial charge in [-0.2, -0.15) is 11.8 Å². The molecular weight excluding hydrogens is 300 g/mol. The van der Waals surface area contributed by atoms with Crippen LogP contribution in [0.15, 0.2) is 0 Å². The average molecular weight is 323 g/mol. The Hall–Kier alpha value is -0.850. The second-order valence-corrected chi connectivity index (χ2v) is 9.02. The van der Waals surface area contributed by atoms with Gasteiger partial charge in [0.25, 0.3) is 0 Å². The summed E-state index contributed by atoms with van der Waals surface area (Å²) in [5.74, 6) is 1.48. The van der Waals surface area contributed by atoms with Crippen LogP contribution >= 0.6 is 23.1 Å². The van der Waals surface area contributed by atoms with Crippen LogP contribution in [0.4, 0.5) is 5.82 Å². The summed E-state index contributed by atoms with van der Waals surface area (Å²) >= 11 is 3.78. The number of fused-ring (bicyclic) bond motifs is 1. The van der Waals surface area contributed by atoms with Gasteiger partial charge < -0.3 is 5.73 Å². The Morgan fingerprint density at radius 2 is 1.86 bits per heavy atom. The van der Waals surface area contributed by atoms with Gasteiger partial charge in [0.2, 0.25) is 0 Å². The van der Waals surface area contributed by atoms with E-state index in [0.29, 0.717) is 16.3 Å². The maximum atomic E-state index is 6.16. The van der Waals surface area contributed by atoms with Gasteiger partial charge in [0.1, 0.15) is 16.5 Å². The molecular formula is C15H22N4S2. The van der Waals surface area contributed by atoms with Gasteiger partial charge in [-0.1, -0.05) is 13.8 Å². The highest BCUT2D eigenvalue weighted by Crippen LogP contribution is 2.32. The fraction of sp³-hybridized carbons (Fsp3) is 0.600. The monoisotopic (exact) mass is 322 g/mol. The second-order valence-electron chi connectivity index (χ2n) is 5.94. The van der Waals surface area contributed by atoms with Crippen molar-refractivity contribution in [1.82, 2.24) is 14.9 Å². The van der Waals surface area contributed by atoms with Gasteiger partial charge in [-0.25, -0.2) is 9.97 Å². The van der Waals surface area contributed by atoms with E-state index >= 15 is 0 Å². The first-order chi connectivity index (χ1) is 9.94. The van der Waals surface area contributed by atoms with Crippen molar-refractivity contribution in [2.24, 2.45) is 0 Å². The maximum Gasteiger partial charge on any atom is 0.146 e. The van der Waals surface area contributed by atoms with Crippen LogP contribution in [0.1, 0.15) is 30.1 Å². The molecule has 1 aliphatic rings. The third-order valence-electron chi connectivity index (χ3n) is 3.96. The molecule has 2 N–H and O–H groups in total. The third kappa shape index (κ3) is 3.03. The smallest absolute Gasteiger partial charge is 0.146 e. The molecule has 3 rings (SSSR count). The lowest BCUT2D eigenvalue weighted by Crippen LogP contribution is -2.40. The Balaban J connectivity index is 1.87. The SMILES string of the molecule is Cc1sc2nc(CN3CC(C)SC(C)C3)nc(N)c2c1C. The number of nitrogens with two attached hydrogens (primary N) is 1. The van der Waals surface area contributed by atoms with Crippen LogP contribution in [-0.2, 0) is 6.54 Å². The minimum absolute atomic E-state index is 0.629. The summed E-state index contributed by atoms with van der Waals surface area (Å²) in [6.45, 7) is 11.8. The van der Waals surface area contributed by atoms with E-state index in [0.717, 1.165) is 35.7 Å². The quantitative estimate of drug-likeness (QED) is 0.920. The number of nitrogens with zero attached hydrogens (tertiary/aromatic N) is 3. The standard InChI is InChI=1S/C15H22N4S2/c1-8-5-19(6-9(2)20-8)7-12-17-14(16)13-10(3)11(4)21-15(13)18-12/h8-9H,5-7H2,1-4H3,(H2,16,17,18). The van der Waals surface area contributed by atoms with Crippen molar-refractivity contribution < 1.29 is 0 Å². The molecule has 21 heavy (non-hydrogen) atoms. The molecule has 0 saturated carbocycles. The molecule has 0 aromatic carbocycles. The van der Waals surface area contributed by atoms with E-state index in [1.54, 1.807) is 11.3 Å². The molecule has 0 amide bonds. The fourth-order valence-electron chi connectivity index (χ4n) is 3.01. The molecule has 2 unspecified atom stereocenters. The summed E-state index contributed by atoms with van der Waals surface area (Å²) in [5.41, 5.74) is 7.38. The molecule has 0 radical (unpaired) electrons. The summed E-state index contributed by atoms with van der Waals surface area (Å²) in [5, 5.41) is 2.37. The number of thioether (sulfide) groups is 1. The number of thiophene rings is 1. The van der Waals surface area contributed by atoms with Crippen LogP contribution in [0.3, 0.4) is 0 Å². The Bertz CT molecular complexity index is 657. The predicted octanol–water partition coefficient (Wildman–Crippen LogP) is 3.22. The van der Waals surface area contributed by atoms with Crippen LogP contribution in [0, 0.1) is 13.8 Å². The first-order valence-electron chi connectivity index (χ1n) is 7.34. The first-order valence-corrected chi connectivity index (χ1v) is 9.10. The summed E-state index contributed by atoms with van der Waals surface area (Å²) in [4.78, 5) is 14.0. The molecule has 6 heteroatoms. The van der Waals surface area contributed by atoms with Gasteiger partial charge in [-0.15, -0.1) is 11.3 Å². The van der Waals surface area contributed by atoms with Crippen molar-refractivity contribution in [3.8, 4) is 0 Å². The van der Waals surface area contributed by atoms with Crippen LogP contribution < -0.4 is 5.73 Å². The molecule has 1 fully saturated rings. The minimum Gasteiger partial charge on any atom is -0.383 e. The molecule has 2 aromatic rings. The second kappa shape index (κ2) is 5.74. The summed E-state index contributed by atoms with van der Waals surface area (Å²) < 4.78 is 0. The Morgan fingerprint density at radius 3 is 2.52 bits per heavy atom. The highest BCUT2D eigenvalue weighted by Gasteiger charge is 2.23. The fourth-order valence-corrected chi connectivity index (χ4v) is 5.45. The van der Waals surface area contributed by atoms with E-state index in [-0.39, 0.29) is 0 Å². The largest absolute Gasteiger partial charge is 0.383 e. The summed E-state index contributed by atoms with van der Waals surface area (Å²) in [6.07, 6.45) is 0. The van der Waals surface area contributed by atoms with Crippen LogP contribution in [0.5, 0.6) is 0 Å². The molecule has 1 aliphatic heterocycles. The van der Waals surface area contributed by atoms with Crippen LogP contribution in [-0.4, -0.2) is 38.5 Å². The number of hydrogen-bond donors (Lipinski definition) is 1. The van der Waals surface area contributed by atoms with Crippen molar-refractivity contribution in [2.45, 2.75) is 44.7 Å². The van der Waals surface area contributed by atoms with Crippen molar-refractivity contribution in [3.63, 3.8) is 0 Å². The van der Waals surface area contributed by atoms with Crippen molar-refractivity contribution in [2.75, 3.05) is 18.8 Å². The predicted molar refractivity (Wildman–Crippen MR) is 93.1 cm³/mol. The molecule has 114 valence electrons. The number of nitrogen functional groups attached to an aromatic ring is 1. The highest BCUT2D eigenvalue weighted by molar-refractivity contribution is 8.00. The normalized spacial score (nSPS) is 23.8. The van der Waals surface area contributed by atoms with Gasteiger partial charge in [-0.3, -0.25) is 4.90 Å². The topological polar surface area (TPSA) is 55.0 Å². The van der Waals surface area contributed by atoms with Gasteiger partial charge in [0.05, 0.1) is 11.9 Å². The van der Waals surface area contributed by atoms with Gasteiger partial charge in [-0.05, 0) is 19.4 Å². The molecule has 4 nitrogen and oxygen atoms in total. The van der Waals surface area contributed by atoms with Crippen molar-refractivity contribution in [1.29, 1.82) is 0 Å². The van der Waals surface area contributed by atoms with E-state index in [1.165, 1.54) is 10.4 Å². The van der Waals surface area contributed by atoms with E-state index in [2.05, 4.69) is 49.3 Å². The minimum atomic E-state index is 0.629. The number of anilines is 1. The zero-order valence-electron chi connectivity index (χ0n) is 13.0. The Morgan fingerprint density at radius 1 is 1.19 bits per heavy atom. The maximum absolute atomic E-state index is 6.16. The molecule has 0 aliphatic carbocycles. The Kier molecular flexibility index (Phi) is 4.12. The molecule has 0 bridgehead atoms. The van der Waals surface area contributed by atoms with Crippen molar-refractivity contribution in [3.05, 3.63) is 16.3 Å². The molecule has 2 aromatic heterocycles. The lowest BCUT2D eigenvalue weighted by Gasteiger charge is -2.34. The van der Waals surface area contributed by atoms with Gasteiger partial charge >= 0.3 is 0 Å². The lowest BCUT2D eigenvalue weighted by molar-refractivity contribution is 0.257. The number of aromatic nitrogens is 2. The average Bonchev–Trinajstić information content (AvgIpc) is 2.63. The summed E-state index contributed by atoms with van der Waals surface area (Å²) in [7, 11) is 0. The number of rotatable bonds is 2. The van der Waals surface area contributed by atoms with E-state index in [1.807, 2.05) is 0 Å². The Labute approximate surface area is 134 Å². The molecule has 0 spiro atoms. The lowest BCUT2D eigenvalue weighted by atomic mass is 10.2. The van der Waals surface area contributed by atoms with E-state index in [4.69, 9.17) is 10.7 Å². The van der Waals surface area contributed by atoms with E-state index < -0.39 is 0 Å². The van der Waals surface area contributed by atoms with Crippen LogP contribution in [0.25, 0.3) is 10.2 Å².